The van der Waals surface area contributed by atoms with Crippen molar-refractivity contribution in [2.75, 3.05) is 6.54 Å². The van der Waals surface area contributed by atoms with Crippen LogP contribution in [0.2, 0.25) is 0 Å². The van der Waals surface area contributed by atoms with Crippen LogP contribution in [0.5, 0.6) is 11.5 Å². The molecule has 33 heavy (non-hydrogen) atoms. The Morgan fingerprint density at radius 2 is 1.61 bits per heavy atom. The maximum atomic E-state index is 6.13. The molecule has 0 bridgehead atoms. The molecule has 0 radical (unpaired) electrons. The van der Waals surface area contributed by atoms with E-state index in [2.05, 4.69) is 47.9 Å². The molecule has 2 aliphatic heterocycles. The summed E-state index contributed by atoms with van der Waals surface area (Å²) in [5.74, 6) is 0.721. The van der Waals surface area contributed by atoms with Crippen LogP contribution < -0.4 is 20.1 Å². The summed E-state index contributed by atoms with van der Waals surface area (Å²) in [6.07, 6.45) is 2.23. The molecule has 2 aromatic carbocycles. The zero-order valence-corrected chi connectivity index (χ0v) is 20.6. The van der Waals surface area contributed by atoms with Gasteiger partial charge in [-0.05, 0) is 18.1 Å². The Balaban J connectivity index is 1.35. The van der Waals surface area contributed by atoms with Crippen molar-refractivity contribution in [3.8, 4) is 11.5 Å². The second-order valence-corrected chi connectivity index (χ2v) is 9.88. The molecule has 0 aliphatic carbocycles. The van der Waals surface area contributed by atoms with Crippen molar-refractivity contribution in [2.24, 2.45) is 0 Å². The van der Waals surface area contributed by atoms with E-state index < -0.39 is 11.6 Å². The normalized spacial score (nSPS) is 19.1. The fourth-order valence-electron chi connectivity index (χ4n) is 4.39. The van der Waals surface area contributed by atoms with Crippen LogP contribution in [0.15, 0.2) is 36.4 Å². The second-order valence-electron chi connectivity index (χ2n) is 9.88. The molecule has 180 valence electrons. The number of hydrogen-bond donors (Lipinski definition) is 2. The van der Waals surface area contributed by atoms with Gasteiger partial charge in [-0.2, -0.15) is 0 Å². The Labute approximate surface area is 198 Å². The van der Waals surface area contributed by atoms with Gasteiger partial charge in [-0.1, -0.05) is 43.7 Å². The lowest BCUT2D eigenvalue weighted by Crippen LogP contribution is -2.39. The third-order valence-electron chi connectivity index (χ3n) is 6.18. The first-order valence-corrected chi connectivity index (χ1v) is 12.1. The molecule has 1 atom stereocenters. The van der Waals surface area contributed by atoms with Crippen LogP contribution in [0.3, 0.4) is 0 Å². The van der Waals surface area contributed by atoms with E-state index in [0.29, 0.717) is 19.3 Å². The number of benzene rings is 2. The van der Waals surface area contributed by atoms with Crippen molar-refractivity contribution in [3.63, 3.8) is 0 Å². The molecular weight excluding hydrogens is 416 g/mol. The minimum absolute atomic E-state index is 0.368. The van der Waals surface area contributed by atoms with Gasteiger partial charge in [0.05, 0.1) is 13.2 Å². The Morgan fingerprint density at radius 3 is 2.42 bits per heavy atom. The Bertz CT molecular complexity index is 957. The maximum Gasteiger partial charge on any atom is 0.205 e. The van der Waals surface area contributed by atoms with Gasteiger partial charge in [-0.25, -0.2) is 0 Å². The number of rotatable bonds is 9. The minimum Gasteiger partial charge on any atom is -0.463 e. The van der Waals surface area contributed by atoms with Gasteiger partial charge in [0.25, 0.3) is 0 Å². The number of hydrogen-bond acceptors (Lipinski definition) is 6. The van der Waals surface area contributed by atoms with Crippen LogP contribution in [0.25, 0.3) is 0 Å². The molecular formula is C27H38N2O4. The van der Waals surface area contributed by atoms with Crippen LogP contribution in [0.1, 0.15) is 69.7 Å². The van der Waals surface area contributed by atoms with Gasteiger partial charge < -0.3 is 29.6 Å². The second kappa shape index (κ2) is 10.0. The van der Waals surface area contributed by atoms with Gasteiger partial charge in [0.15, 0.2) is 0 Å². The molecule has 2 N–H and O–H groups in total. The van der Waals surface area contributed by atoms with E-state index in [1.807, 2.05) is 33.8 Å². The van der Waals surface area contributed by atoms with E-state index in [4.69, 9.17) is 18.9 Å². The molecule has 0 fully saturated rings. The molecule has 2 heterocycles. The predicted octanol–water partition coefficient (Wildman–Crippen LogP) is 5.02. The maximum absolute atomic E-state index is 6.13. The van der Waals surface area contributed by atoms with E-state index in [1.165, 1.54) is 11.1 Å². The van der Waals surface area contributed by atoms with E-state index in [-0.39, 0.29) is 0 Å². The van der Waals surface area contributed by atoms with Gasteiger partial charge in [-0.3, -0.25) is 0 Å². The number of ether oxygens (including phenoxy) is 4. The molecule has 0 aromatic heterocycles. The quantitative estimate of drug-likeness (QED) is 0.555. The highest BCUT2D eigenvalue weighted by Crippen LogP contribution is 2.35. The third kappa shape index (κ3) is 6.07. The summed E-state index contributed by atoms with van der Waals surface area (Å²) in [5, 5.41) is 7.39. The third-order valence-corrected chi connectivity index (χ3v) is 6.18. The molecule has 2 aromatic rings. The molecule has 6 heteroatoms. The molecule has 1 unspecified atom stereocenters. The highest BCUT2D eigenvalue weighted by Gasteiger charge is 2.29. The van der Waals surface area contributed by atoms with Crippen molar-refractivity contribution in [3.05, 3.63) is 58.7 Å². The van der Waals surface area contributed by atoms with Crippen LogP contribution in [0.4, 0.5) is 0 Å². The molecule has 0 amide bonds. The van der Waals surface area contributed by atoms with Crippen molar-refractivity contribution in [2.45, 2.75) is 91.4 Å². The van der Waals surface area contributed by atoms with E-state index in [1.54, 1.807) is 0 Å². The smallest absolute Gasteiger partial charge is 0.205 e. The van der Waals surface area contributed by atoms with Gasteiger partial charge in [0, 0.05) is 70.1 Å². The number of para-hydroxylation sites is 1. The summed E-state index contributed by atoms with van der Waals surface area (Å²) >= 11 is 0. The average Bonchev–Trinajstić information content (AvgIpc) is 2.76. The lowest BCUT2D eigenvalue weighted by atomic mass is 10.0. The first-order chi connectivity index (χ1) is 15.8. The van der Waals surface area contributed by atoms with Crippen molar-refractivity contribution in [1.82, 2.24) is 10.6 Å². The fraction of sp³-hybridized carbons (Fsp3) is 0.556. The van der Waals surface area contributed by atoms with E-state index in [0.717, 1.165) is 55.1 Å². The Hall–Kier alpha value is -2.12. The van der Waals surface area contributed by atoms with Gasteiger partial charge >= 0.3 is 0 Å². The van der Waals surface area contributed by atoms with Crippen molar-refractivity contribution in [1.29, 1.82) is 0 Å². The molecule has 0 spiro atoms. The largest absolute Gasteiger partial charge is 0.463 e. The first-order valence-electron chi connectivity index (χ1n) is 12.1. The molecule has 0 saturated heterocycles. The molecule has 2 aliphatic rings. The Kier molecular flexibility index (Phi) is 7.29. The molecule has 4 rings (SSSR count). The number of fused-ring (bicyclic) bond motifs is 2. The van der Waals surface area contributed by atoms with Crippen LogP contribution in [0, 0.1) is 0 Å². The standard InChI is InChI=1S/C27H38N2O4/c1-6-9-22(29-15-19-10-8-13-24-23(19)18-31-26(2,3)32-24)16-28-14-20-11-7-12-21-17-30-27(4,5)33-25(20)21/h7-8,10-13,22,28-29H,6,9,14-18H2,1-5H3. The van der Waals surface area contributed by atoms with Crippen molar-refractivity contribution < 1.29 is 18.9 Å². The SMILES string of the molecule is CCCC(CNCc1cccc2c1OC(C)(C)OC2)NCc1cccc2c1COC(C)(C)O2. The first kappa shape index (κ1) is 24.0. The monoisotopic (exact) mass is 454 g/mol. The van der Waals surface area contributed by atoms with Gasteiger partial charge in [0.2, 0.25) is 11.6 Å². The highest BCUT2D eigenvalue weighted by atomic mass is 16.7. The van der Waals surface area contributed by atoms with Crippen molar-refractivity contribution >= 4 is 0 Å². The van der Waals surface area contributed by atoms with Crippen LogP contribution in [-0.2, 0) is 35.8 Å². The highest BCUT2D eigenvalue weighted by molar-refractivity contribution is 5.43. The fourth-order valence-corrected chi connectivity index (χ4v) is 4.39. The zero-order valence-electron chi connectivity index (χ0n) is 20.6. The summed E-state index contributed by atoms with van der Waals surface area (Å²) in [5.41, 5.74) is 4.66. The summed E-state index contributed by atoms with van der Waals surface area (Å²) in [7, 11) is 0. The lowest BCUT2D eigenvalue weighted by Gasteiger charge is -2.34. The lowest BCUT2D eigenvalue weighted by molar-refractivity contribution is -0.180. The predicted molar refractivity (Wildman–Crippen MR) is 129 cm³/mol. The summed E-state index contributed by atoms with van der Waals surface area (Å²) in [6.45, 7) is 13.6. The van der Waals surface area contributed by atoms with Gasteiger partial charge in [-0.15, -0.1) is 0 Å². The minimum atomic E-state index is -0.590. The summed E-state index contributed by atoms with van der Waals surface area (Å²) in [6, 6.07) is 12.9. The number of nitrogens with one attached hydrogen (secondary N) is 2. The topological polar surface area (TPSA) is 61.0 Å². The van der Waals surface area contributed by atoms with Crippen LogP contribution >= 0.6 is 0 Å². The summed E-state index contributed by atoms with van der Waals surface area (Å²) in [4.78, 5) is 0. The van der Waals surface area contributed by atoms with Gasteiger partial charge in [0.1, 0.15) is 11.5 Å². The zero-order chi connectivity index (χ0) is 23.5. The summed E-state index contributed by atoms with van der Waals surface area (Å²) < 4.78 is 23.8. The van der Waals surface area contributed by atoms with E-state index in [9.17, 15) is 0 Å². The molecule has 6 nitrogen and oxygen atoms in total. The van der Waals surface area contributed by atoms with E-state index >= 15 is 0 Å². The Morgan fingerprint density at radius 1 is 0.879 bits per heavy atom. The average molecular weight is 455 g/mol. The molecule has 0 saturated carbocycles. The van der Waals surface area contributed by atoms with Crippen LogP contribution in [-0.4, -0.2) is 24.2 Å².